The number of amides is 1. The third-order valence-electron chi connectivity index (χ3n) is 3.85. The van der Waals surface area contributed by atoms with Crippen molar-refractivity contribution < 1.29 is 9.90 Å². The molecule has 0 aliphatic heterocycles. The van der Waals surface area contributed by atoms with Crippen LogP contribution in [0.4, 0.5) is 5.69 Å². The minimum atomic E-state index is -0.311. The Balaban J connectivity index is 1.90. The van der Waals surface area contributed by atoms with Crippen LogP contribution in [0, 0.1) is 6.92 Å². The zero-order valence-electron chi connectivity index (χ0n) is 11.6. The Morgan fingerprint density at radius 2 is 2.00 bits per heavy atom. The fourth-order valence-corrected chi connectivity index (χ4v) is 2.36. The highest BCUT2D eigenvalue weighted by Gasteiger charge is 2.38. The van der Waals surface area contributed by atoms with Gasteiger partial charge in [-0.2, -0.15) is 0 Å². The zero-order valence-corrected chi connectivity index (χ0v) is 11.6. The summed E-state index contributed by atoms with van der Waals surface area (Å²) in [7, 11) is 0. The summed E-state index contributed by atoms with van der Waals surface area (Å²) in [6.07, 6.45) is 2.98. The highest BCUT2D eigenvalue weighted by molar-refractivity contribution is 5.94. The molecule has 1 aliphatic carbocycles. The number of anilines is 1. The lowest BCUT2D eigenvalue weighted by molar-refractivity contribution is -0.118. The monoisotopic (exact) mass is 262 g/mol. The average Bonchev–Trinajstić information content (AvgIpc) is 2.36. The van der Waals surface area contributed by atoms with Gasteiger partial charge < -0.3 is 10.4 Å². The number of aliphatic hydroxyl groups is 1. The normalized spacial score (nSPS) is 18.5. The van der Waals surface area contributed by atoms with E-state index in [0.29, 0.717) is 0 Å². The second-order valence-electron chi connectivity index (χ2n) is 5.51. The van der Waals surface area contributed by atoms with Gasteiger partial charge >= 0.3 is 0 Å². The van der Waals surface area contributed by atoms with Crippen LogP contribution in [-0.2, 0) is 4.79 Å². The fraction of sp³-hybridized carbons (Fsp3) is 0.533. The Morgan fingerprint density at radius 1 is 1.37 bits per heavy atom. The van der Waals surface area contributed by atoms with Gasteiger partial charge in [0.15, 0.2) is 0 Å². The Bertz CT molecular complexity index is 432. The van der Waals surface area contributed by atoms with Crippen molar-refractivity contribution in [1.29, 1.82) is 0 Å². The molecule has 1 fully saturated rings. The lowest BCUT2D eigenvalue weighted by Gasteiger charge is -2.42. The molecule has 3 N–H and O–H groups in total. The standard InChI is InChI=1S/C15H22N2O2/c1-11-4-6-13(7-5-11)16-14(19)12(2)17-15(10-18)8-3-9-15/h4-7,12,17-18H,3,8-10H2,1-2H3,(H,16,19). The van der Waals surface area contributed by atoms with Gasteiger partial charge in [0, 0.05) is 11.2 Å². The van der Waals surface area contributed by atoms with Crippen LogP contribution in [0.15, 0.2) is 24.3 Å². The molecule has 0 heterocycles. The second-order valence-corrected chi connectivity index (χ2v) is 5.51. The van der Waals surface area contributed by atoms with Gasteiger partial charge in [0.05, 0.1) is 12.6 Å². The molecule has 0 aromatic heterocycles. The van der Waals surface area contributed by atoms with Gasteiger partial charge in [-0.1, -0.05) is 17.7 Å². The third kappa shape index (κ3) is 3.33. The summed E-state index contributed by atoms with van der Waals surface area (Å²) >= 11 is 0. The van der Waals surface area contributed by atoms with Gasteiger partial charge in [-0.3, -0.25) is 10.1 Å². The van der Waals surface area contributed by atoms with Crippen molar-refractivity contribution >= 4 is 11.6 Å². The van der Waals surface area contributed by atoms with Gasteiger partial charge in [-0.25, -0.2) is 0 Å². The van der Waals surface area contributed by atoms with E-state index in [-0.39, 0.29) is 24.1 Å². The molecule has 0 saturated heterocycles. The maximum absolute atomic E-state index is 12.1. The summed E-state index contributed by atoms with van der Waals surface area (Å²) < 4.78 is 0. The van der Waals surface area contributed by atoms with E-state index < -0.39 is 0 Å². The first-order valence-corrected chi connectivity index (χ1v) is 6.81. The van der Waals surface area contributed by atoms with Crippen molar-refractivity contribution in [3.63, 3.8) is 0 Å². The molecule has 0 radical (unpaired) electrons. The third-order valence-corrected chi connectivity index (χ3v) is 3.85. The summed E-state index contributed by atoms with van der Waals surface area (Å²) in [4.78, 5) is 12.1. The number of hydrogen-bond acceptors (Lipinski definition) is 3. The topological polar surface area (TPSA) is 61.4 Å². The lowest BCUT2D eigenvalue weighted by Crippen LogP contribution is -2.59. The van der Waals surface area contributed by atoms with E-state index in [1.807, 2.05) is 38.1 Å². The maximum atomic E-state index is 12.1. The molecule has 1 aromatic carbocycles. The minimum Gasteiger partial charge on any atom is -0.394 e. The Kier molecular flexibility index (Phi) is 4.22. The molecule has 1 atom stereocenters. The highest BCUT2D eigenvalue weighted by atomic mass is 16.3. The number of nitrogens with one attached hydrogen (secondary N) is 2. The van der Waals surface area contributed by atoms with Crippen molar-refractivity contribution in [1.82, 2.24) is 5.32 Å². The molecule has 19 heavy (non-hydrogen) atoms. The molecule has 1 saturated carbocycles. The van der Waals surface area contributed by atoms with Gasteiger partial charge in [-0.05, 0) is 45.2 Å². The van der Waals surface area contributed by atoms with Crippen LogP contribution < -0.4 is 10.6 Å². The fourth-order valence-electron chi connectivity index (χ4n) is 2.36. The summed E-state index contributed by atoms with van der Waals surface area (Å²) in [6.45, 7) is 3.94. The van der Waals surface area contributed by atoms with E-state index >= 15 is 0 Å². The first-order valence-electron chi connectivity index (χ1n) is 6.81. The summed E-state index contributed by atoms with van der Waals surface area (Å²) in [5, 5.41) is 15.5. The molecule has 4 nitrogen and oxygen atoms in total. The quantitative estimate of drug-likeness (QED) is 0.758. The van der Waals surface area contributed by atoms with Crippen molar-refractivity contribution in [2.75, 3.05) is 11.9 Å². The summed E-state index contributed by atoms with van der Waals surface area (Å²) in [5.41, 5.74) is 1.72. The van der Waals surface area contributed by atoms with Crippen LogP contribution in [0.1, 0.15) is 31.7 Å². The van der Waals surface area contributed by atoms with Crippen molar-refractivity contribution in [3.8, 4) is 0 Å². The molecule has 1 aliphatic rings. The molecule has 4 heteroatoms. The van der Waals surface area contributed by atoms with E-state index in [2.05, 4.69) is 10.6 Å². The van der Waals surface area contributed by atoms with Crippen molar-refractivity contribution in [2.24, 2.45) is 0 Å². The number of hydrogen-bond donors (Lipinski definition) is 3. The van der Waals surface area contributed by atoms with E-state index in [1.54, 1.807) is 0 Å². The van der Waals surface area contributed by atoms with Gasteiger partial charge in [-0.15, -0.1) is 0 Å². The van der Waals surface area contributed by atoms with Gasteiger partial charge in [0.2, 0.25) is 5.91 Å². The van der Waals surface area contributed by atoms with Crippen LogP contribution in [0.2, 0.25) is 0 Å². The van der Waals surface area contributed by atoms with Gasteiger partial charge in [0.1, 0.15) is 0 Å². The SMILES string of the molecule is Cc1ccc(NC(=O)C(C)NC2(CO)CCC2)cc1. The summed E-state index contributed by atoms with van der Waals surface area (Å²) in [6, 6.07) is 7.41. The molecule has 104 valence electrons. The van der Waals surface area contributed by atoms with Crippen molar-refractivity contribution in [2.45, 2.75) is 44.7 Å². The number of aryl methyl sites for hydroxylation is 1. The Hall–Kier alpha value is -1.39. The van der Waals surface area contributed by atoms with E-state index in [0.717, 1.165) is 30.5 Å². The second kappa shape index (κ2) is 5.72. The molecule has 0 spiro atoms. The smallest absolute Gasteiger partial charge is 0.241 e. The zero-order chi connectivity index (χ0) is 13.9. The van der Waals surface area contributed by atoms with Crippen LogP contribution in [0.25, 0.3) is 0 Å². The van der Waals surface area contributed by atoms with E-state index in [1.165, 1.54) is 0 Å². The minimum absolute atomic E-state index is 0.0661. The Morgan fingerprint density at radius 3 is 2.47 bits per heavy atom. The number of carbonyl (C=O) groups excluding carboxylic acids is 1. The van der Waals surface area contributed by atoms with Crippen LogP contribution in [0.3, 0.4) is 0 Å². The maximum Gasteiger partial charge on any atom is 0.241 e. The Labute approximate surface area is 114 Å². The number of benzene rings is 1. The number of aliphatic hydroxyl groups excluding tert-OH is 1. The van der Waals surface area contributed by atoms with Crippen molar-refractivity contribution in [3.05, 3.63) is 29.8 Å². The number of carbonyl (C=O) groups is 1. The molecular weight excluding hydrogens is 240 g/mol. The molecule has 1 amide bonds. The van der Waals surface area contributed by atoms with Crippen LogP contribution >= 0.6 is 0 Å². The molecule has 0 bridgehead atoms. The molecular formula is C15H22N2O2. The van der Waals surface area contributed by atoms with Gasteiger partial charge in [0.25, 0.3) is 0 Å². The predicted octanol–water partition coefficient (Wildman–Crippen LogP) is 1.83. The average molecular weight is 262 g/mol. The highest BCUT2D eigenvalue weighted by Crippen LogP contribution is 2.31. The molecule has 1 aromatic rings. The predicted molar refractivity (Wildman–Crippen MR) is 76.1 cm³/mol. The first-order chi connectivity index (χ1) is 9.04. The lowest BCUT2D eigenvalue weighted by atomic mass is 9.77. The van der Waals surface area contributed by atoms with E-state index in [4.69, 9.17) is 0 Å². The largest absolute Gasteiger partial charge is 0.394 e. The summed E-state index contributed by atoms with van der Waals surface area (Å²) in [5.74, 6) is -0.0661. The number of rotatable bonds is 5. The van der Waals surface area contributed by atoms with Crippen LogP contribution in [0.5, 0.6) is 0 Å². The van der Waals surface area contributed by atoms with Crippen LogP contribution in [-0.4, -0.2) is 29.2 Å². The molecule has 1 unspecified atom stereocenters. The first kappa shape index (κ1) is 14.0. The molecule has 2 rings (SSSR count). The van der Waals surface area contributed by atoms with E-state index in [9.17, 15) is 9.90 Å².